The molecule has 4 nitrogen and oxygen atoms in total. The largest absolute Gasteiger partial charge is 0.550 e. The van der Waals surface area contributed by atoms with Crippen LogP contribution in [-0.2, 0) is 24.3 Å². The van der Waals surface area contributed by atoms with Crippen molar-refractivity contribution in [3.8, 4) is 0 Å². The molecule has 21 heavy (non-hydrogen) atoms. The molecule has 4 heteroatoms. The summed E-state index contributed by atoms with van der Waals surface area (Å²) in [7, 11) is 0. The quantitative estimate of drug-likeness (QED) is 0.438. The first kappa shape index (κ1) is 17.7. The predicted molar refractivity (Wildman–Crippen MR) is 81.6 cm³/mol. The van der Waals surface area contributed by atoms with E-state index >= 15 is 0 Å². The van der Waals surface area contributed by atoms with Crippen LogP contribution in [-0.4, -0.2) is 10.5 Å². The van der Waals surface area contributed by atoms with E-state index < -0.39 is 5.97 Å². The number of aliphatic carboxylic acids is 1. The average molecular weight is 294 g/mol. The van der Waals surface area contributed by atoms with Crippen LogP contribution in [0, 0.1) is 0 Å². The summed E-state index contributed by atoms with van der Waals surface area (Å²) in [5.74, 6) is 0.291. The van der Waals surface area contributed by atoms with Gasteiger partial charge in [-0.1, -0.05) is 46.0 Å². The molecule has 0 aliphatic rings. The van der Waals surface area contributed by atoms with Gasteiger partial charge in [0.1, 0.15) is 12.4 Å². The van der Waals surface area contributed by atoms with E-state index in [4.69, 9.17) is 0 Å². The lowest BCUT2D eigenvalue weighted by molar-refractivity contribution is -0.704. The van der Waals surface area contributed by atoms with Crippen molar-refractivity contribution in [1.82, 2.24) is 4.57 Å². The number of aromatic nitrogens is 2. The predicted octanol–water partition coefficient (Wildman–Crippen LogP) is 2.23. The smallest absolute Gasteiger partial charge is 0.256 e. The minimum atomic E-state index is -0.974. The molecule has 0 aliphatic carbocycles. The lowest BCUT2D eigenvalue weighted by Crippen LogP contribution is -2.37. The van der Waals surface area contributed by atoms with Crippen molar-refractivity contribution in [3.05, 3.63) is 18.2 Å². The molecule has 0 N–H and O–H groups in total. The molecule has 0 atom stereocenters. The number of unbranched alkanes of at least 4 members (excludes halogenated alkanes) is 5. The van der Waals surface area contributed by atoms with Gasteiger partial charge in [0.15, 0.2) is 0 Å². The molecular formula is C17H30N2O2. The third-order valence-electron chi connectivity index (χ3n) is 3.90. The third-order valence-corrected chi connectivity index (χ3v) is 3.90. The highest BCUT2D eigenvalue weighted by Crippen LogP contribution is 2.08. The molecule has 0 spiro atoms. The Morgan fingerprint density at radius 2 is 1.86 bits per heavy atom. The van der Waals surface area contributed by atoms with Gasteiger partial charge in [0.2, 0.25) is 0 Å². The van der Waals surface area contributed by atoms with Crippen molar-refractivity contribution in [2.75, 3.05) is 0 Å². The second-order valence-corrected chi connectivity index (χ2v) is 5.74. The van der Waals surface area contributed by atoms with E-state index in [9.17, 15) is 9.90 Å². The van der Waals surface area contributed by atoms with Gasteiger partial charge in [-0.25, -0.2) is 9.13 Å². The molecule has 0 aliphatic heterocycles. The zero-order valence-electron chi connectivity index (χ0n) is 13.6. The van der Waals surface area contributed by atoms with Crippen molar-refractivity contribution in [1.29, 1.82) is 0 Å². The second-order valence-electron chi connectivity index (χ2n) is 5.74. The van der Waals surface area contributed by atoms with Gasteiger partial charge in [-0.15, -0.1) is 0 Å². The Morgan fingerprint density at radius 3 is 2.52 bits per heavy atom. The van der Waals surface area contributed by atoms with Gasteiger partial charge in [0.05, 0.1) is 13.1 Å². The highest BCUT2D eigenvalue weighted by atomic mass is 16.4. The van der Waals surface area contributed by atoms with Crippen LogP contribution < -0.4 is 9.67 Å². The molecule has 0 aromatic carbocycles. The molecule has 1 rings (SSSR count). The number of carbonyl (C=O) groups excluding carboxylic acids is 1. The highest BCUT2D eigenvalue weighted by Gasteiger charge is 2.16. The first-order chi connectivity index (χ1) is 10.2. The van der Waals surface area contributed by atoms with Crippen molar-refractivity contribution in [3.63, 3.8) is 0 Å². The molecule has 1 aromatic rings. The summed E-state index contributed by atoms with van der Waals surface area (Å²) in [5.41, 5.74) is 0. The number of imidazole rings is 1. The molecule has 0 saturated carbocycles. The van der Waals surface area contributed by atoms with Gasteiger partial charge >= 0.3 is 0 Å². The highest BCUT2D eigenvalue weighted by molar-refractivity contribution is 5.64. The summed E-state index contributed by atoms with van der Waals surface area (Å²) < 4.78 is 4.38. The number of hydrogen-bond donors (Lipinski definition) is 0. The summed E-state index contributed by atoms with van der Waals surface area (Å²) in [5, 5.41) is 10.7. The molecule has 0 radical (unpaired) electrons. The Labute approximate surface area is 128 Å². The van der Waals surface area contributed by atoms with Gasteiger partial charge in [-0.05, 0) is 12.8 Å². The molecule has 0 saturated heterocycles. The SMILES string of the molecule is CCCCCCCc1n(CCC(=O)[O-])cc[n+]1CCCC. The van der Waals surface area contributed by atoms with E-state index in [0.29, 0.717) is 6.54 Å². The number of hydrogen-bond acceptors (Lipinski definition) is 2. The van der Waals surface area contributed by atoms with Gasteiger partial charge in [-0.3, -0.25) is 0 Å². The van der Waals surface area contributed by atoms with Gasteiger partial charge < -0.3 is 9.90 Å². The number of rotatable bonds is 12. The van der Waals surface area contributed by atoms with Gasteiger partial charge in [0, 0.05) is 18.8 Å². The Hall–Kier alpha value is -1.32. The summed E-state index contributed by atoms with van der Waals surface area (Å²) in [6, 6.07) is 0. The van der Waals surface area contributed by atoms with E-state index in [1.165, 1.54) is 44.3 Å². The Balaban J connectivity index is 2.60. The molecule has 0 amide bonds. The maximum Gasteiger partial charge on any atom is 0.256 e. The zero-order valence-corrected chi connectivity index (χ0v) is 13.6. The lowest BCUT2D eigenvalue weighted by atomic mass is 10.1. The molecule has 1 heterocycles. The van der Waals surface area contributed by atoms with Crippen LogP contribution in [0.15, 0.2) is 12.4 Å². The van der Waals surface area contributed by atoms with Crippen LogP contribution in [0.25, 0.3) is 0 Å². The maximum absolute atomic E-state index is 10.7. The van der Waals surface area contributed by atoms with Crippen molar-refractivity contribution < 1.29 is 14.5 Å². The Bertz CT molecular complexity index is 413. The van der Waals surface area contributed by atoms with E-state index in [1.807, 2.05) is 6.20 Å². The monoisotopic (exact) mass is 294 g/mol. The summed E-state index contributed by atoms with van der Waals surface area (Å²) >= 11 is 0. The molecule has 1 aromatic heterocycles. The number of nitrogens with zero attached hydrogens (tertiary/aromatic N) is 2. The third kappa shape index (κ3) is 6.78. The van der Waals surface area contributed by atoms with Crippen molar-refractivity contribution in [2.24, 2.45) is 0 Å². The second kappa shape index (κ2) is 10.4. The van der Waals surface area contributed by atoms with Gasteiger partial charge in [-0.2, -0.15) is 0 Å². The molecule has 0 unspecified atom stereocenters. The molecular weight excluding hydrogens is 264 g/mol. The molecule has 120 valence electrons. The molecule has 0 bridgehead atoms. The summed E-state index contributed by atoms with van der Waals surface area (Å²) in [4.78, 5) is 10.7. The van der Waals surface area contributed by atoms with Crippen molar-refractivity contribution >= 4 is 5.97 Å². The number of carboxylic acids is 1. The summed E-state index contributed by atoms with van der Waals surface area (Å²) in [6.45, 7) is 5.97. The Kier molecular flexibility index (Phi) is 8.79. The van der Waals surface area contributed by atoms with Crippen LogP contribution in [0.5, 0.6) is 0 Å². The number of carboxylic acid groups (broad SMARTS) is 1. The standard InChI is InChI=1S/C17H30N2O2/c1-3-5-7-8-9-10-16-18(12-6-4-2)14-15-19(16)13-11-17(20)21/h14-15H,3-13H2,1-2H3. The first-order valence-electron chi connectivity index (χ1n) is 8.46. The maximum atomic E-state index is 10.7. The molecule has 0 fully saturated rings. The van der Waals surface area contributed by atoms with Crippen LogP contribution in [0.3, 0.4) is 0 Å². The fourth-order valence-electron chi connectivity index (χ4n) is 2.62. The van der Waals surface area contributed by atoms with E-state index in [1.54, 1.807) is 0 Å². The number of carbonyl (C=O) groups is 1. The van der Waals surface area contributed by atoms with Crippen molar-refractivity contribution in [2.45, 2.75) is 84.7 Å². The lowest BCUT2D eigenvalue weighted by Gasteiger charge is -2.06. The topological polar surface area (TPSA) is 48.9 Å². The first-order valence-corrected chi connectivity index (χ1v) is 8.46. The zero-order chi connectivity index (χ0) is 15.5. The minimum absolute atomic E-state index is 0.0886. The Morgan fingerprint density at radius 1 is 1.14 bits per heavy atom. The fraction of sp³-hybridized carbons (Fsp3) is 0.765. The van der Waals surface area contributed by atoms with Crippen LogP contribution >= 0.6 is 0 Å². The van der Waals surface area contributed by atoms with E-state index in [2.05, 4.69) is 29.2 Å². The minimum Gasteiger partial charge on any atom is -0.550 e. The van der Waals surface area contributed by atoms with Crippen LogP contribution in [0.4, 0.5) is 0 Å². The van der Waals surface area contributed by atoms with E-state index in [-0.39, 0.29) is 6.42 Å². The summed E-state index contributed by atoms with van der Waals surface area (Å²) in [6.07, 6.45) is 13.9. The normalized spacial score (nSPS) is 11.0. The van der Waals surface area contributed by atoms with Crippen LogP contribution in [0.1, 0.15) is 71.0 Å². The average Bonchev–Trinajstić information content (AvgIpc) is 2.85. The van der Waals surface area contributed by atoms with Crippen LogP contribution in [0.2, 0.25) is 0 Å². The van der Waals surface area contributed by atoms with Gasteiger partial charge in [0.25, 0.3) is 5.82 Å². The van der Waals surface area contributed by atoms with E-state index in [0.717, 1.165) is 19.4 Å². The number of aryl methyl sites for hydroxylation is 2. The fourth-order valence-corrected chi connectivity index (χ4v) is 2.62.